The summed E-state index contributed by atoms with van der Waals surface area (Å²) in [6.07, 6.45) is 4.04. The van der Waals surface area contributed by atoms with Crippen LogP contribution in [0.5, 0.6) is 0 Å². The third-order valence-corrected chi connectivity index (χ3v) is 2.96. The Morgan fingerprint density at radius 1 is 1.36 bits per heavy atom. The van der Waals surface area contributed by atoms with Crippen LogP contribution in [0.15, 0.2) is 23.1 Å². The fourth-order valence-corrected chi connectivity index (χ4v) is 1.95. The number of carbonyl (C=O) groups is 2. The number of nitrogens with zero attached hydrogens (tertiary/aromatic N) is 5. The average Bonchev–Trinajstić information content (AvgIpc) is 3.02. The molecular weight excluding hydrogens is 362 g/mol. The number of aryl methyl sites for hydroxylation is 1. The highest BCUT2D eigenvalue weighted by molar-refractivity contribution is 9.10. The zero-order valence-corrected chi connectivity index (χ0v) is 12.8. The lowest BCUT2D eigenvalue weighted by molar-refractivity contribution is -0.385. The largest absolute Gasteiger partial charge is 0.320 e. The fraction of sp³-hybridized carbons (Fsp3) is 0.200. The molecule has 0 spiro atoms. The molecule has 116 valence electrons. The van der Waals surface area contributed by atoms with E-state index in [-0.39, 0.29) is 12.2 Å². The van der Waals surface area contributed by atoms with E-state index < -0.39 is 22.4 Å². The van der Waals surface area contributed by atoms with Crippen molar-refractivity contribution in [1.82, 2.24) is 30.4 Å². The molecule has 2 heterocycles. The van der Waals surface area contributed by atoms with Gasteiger partial charge in [0.1, 0.15) is 12.7 Å². The second kappa shape index (κ2) is 6.34. The summed E-state index contributed by atoms with van der Waals surface area (Å²) in [5.74, 6) is -1.39. The van der Waals surface area contributed by atoms with Crippen LogP contribution in [0.25, 0.3) is 0 Å². The maximum absolute atomic E-state index is 11.9. The van der Waals surface area contributed by atoms with Gasteiger partial charge < -0.3 is 0 Å². The molecule has 2 N–H and O–H groups in total. The second-order valence-corrected chi connectivity index (χ2v) is 5.03. The highest BCUT2D eigenvalue weighted by Gasteiger charge is 2.25. The third-order valence-electron chi connectivity index (χ3n) is 2.55. The highest BCUT2D eigenvalue weighted by atomic mass is 79.9. The summed E-state index contributed by atoms with van der Waals surface area (Å²) in [5, 5.41) is 18.3. The summed E-state index contributed by atoms with van der Waals surface area (Å²) in [6, 6.07) is 0. The molecule has 0 aliphatic rings. The predicted molar refractivity (Wildman–Crippen MR) is 75.4 cm³/mol. The summed E-state index contributed by atoms with van der Waals surface area (Å²) >= 11 is 3.18. The van der Waals surface area contributed by atoms with Crippen LogP contribution in [0, 0.1) is 10.1 Å². The summed E-state index contributed by atoms with van der Waals surface area (Å²) < 4.78 is 3.09. The number of nitrogens with one attached hydrogen (secondary N) is 2. The van der Waals surface area contributed by atoms with E-state index in [1.54, 1.807) is 6.20 Å². The lowest BCUT2D eigenvalue weighted by atomic mass is 10.3. The van der Waals surface area contributed by atoms with Crippen LogP contribution in [0.3, 0.4) is 0 Å². The van der Waals surface area contributed by atoms with Crippen molar-refractivity contribution in [3.63, 3.8) is 0 Å². The molecule has 2 amide bonds. The molecule has 11 nitrogen and oxygen atoms in total. The summed E-state index contributed by atoms with van der Waals surface area (Å²) in [4.78, 5) is 33.6. The minimum Gasteiger partial charge on any atom is -0.271 e. The Labute approximate surface area is 131 Å². The normalized spacial score (nSPS) is 10.3. The van der Waals surface area contributed by atoms with Crippen molar-refractivity contribution in [2.45, 2.75) is 6.54 Å². The molecule has 2 rings (SSSR count). The van der Waals surface area contributed by atoms with Gasteiger partial charge in [-0.3, -0.25) is 39.9 Å². The van der Waals surface area contributed by atoms with E-state index in [4.69, 9.17) is 0 Å². The van der Waals surface area contributed by atoms with Gasteiger partial charge in [-0.1, -0.05) is 0 Å². The molecule has 0 fully saturated rings. The third kappa shape index (κ3) is 3.46. The van der Waals surface area contributed by atoms with Crippen LogP contribution < -0.4 is 10.9 Å². The lowest BCUT2D eigenvalue weighted by Crippen LogP contribution is -2.44. The SMILES string of the molecule is Cn1ncc([N+](=O)[O-])c1C(=O)NNC(=O)Cn1cc(Br)cn1. The van der Waals surface area contributed by atoms with E-state index in [1.165, 1.54) is 17.9 Å². The van der Waals surface area contributed by atoms with Gasteiger partial charge in [0.15, 0.2) is 0 Å². The minimum atomic E-state index is -0.846. The Hall–Kier alpha value is -2.76. The monoisotopic (exact) mass is 371 g/mol. The van der Waals surface area contributed by atoms with Crippen molar-refractivity contribution in [2.24, 2.45) is 7.05 Å². The number of aromatic nitrogens is 4. The molecule has 0 unspecified atom stereocenters. The zero-order chi connectivity index (χ0) is 16.3. The van der Waals surface area contributed by atoms with E-state index in [0.717, 1.165) is 10.9 Å². The van der Waals surface area contributed by atoms with Gasteiger partial charge in [-0.05, 0) is 15.9 Å². The van der Waals surface area contributed by atoms with Gasteiger partial charge in [0.25, 0.3) is 11.8 Å². The topological polar surface area (TPSA) is 137 Å². The minimum absolute atomic E-state index is 0.126. The van der Waals surface area contributed by atoms with Crippen molar-refractivity contribution in [1.29, 1.82) is 0 Å². The first kappa shape index (κ1) is 15.6. The van der Waals surface area contributed by atoms with Gasteiger partial charge in [-0.15, -0.1) is 0 Å². The number of rotatable bonds is 4. The van der Waals surface area contributed by atoms with Crippen molar-refractivity contribution in [3.8, 4) is 0 Å². The van der Waals surface area contributed by atoms with Crippen molar-refractivity contribution in [2.75, 3.05) is 0 Å². The Bertz CT molecular complexity index is 737. The number of hydrazine groups is 1. The first-order valence-corrected chi connectivity index (χ1v) is 6.61. The molecular formula is C10H10BrN7O4. The molecule has 0 aliphatic heterocycles. The van der Waals surface area contributed by atoms with Gasteiger partial charge in [0, 0.05) is 13.2 Å². The summed E-state index contributed by atoms with van der Waals surface area (Å²) in [6.45, 7) is -0.126. The maximum Gasteiger partial charge on any atom is 0.320 e. The quantitative estimate of drug-likeness (QED) is 0.561. The van der Waals surface area contributed by atoms with E-state index in [2.05, 4.69) is 37.0 Å². The Morgan fingerprint density at radius 2 is 2.09 bits per heavy atom. The number of nitro groups is 1. The molecule has 0 aliphatic carbocycles. The Morgan fingerprint density at radius 3 is 2.68 bits per heavy atom. The number of halogens is 1. The van der Waals surface area contributed by atoms with Gasteiger partial charge >= 0.3 is 5.69 Å². The van der Waals surface area contributed by atoms with Gasteiger partial charge in [0.2, 0.25) is 5.69 Å². The molecule has 0 atom stereocenters. The molecule has 0 saturated heterocycles. The lowest BCUT2D eigenvalue weighted by Gasteiger charge is -2.07. The second-order valence-electron chi connectivity index (χ2n) is 4.12. The van der Waals surface area contributed by atoms with Crippen molar-refractivity contribution in [3.05, 3.63) is 38.9 Å². The standard InChI is InChI=1S/C10H10BrN7O4/c1-16-9(7(3-12-16)18(21)22)10(20)15-14-8(19)5-17-4-6(11)2-13-17/h2-4H,5H2,1H3,(H,14,19)(H,15,20). The maximum atomic E-state index is 11.9. The van der Waals surface area contributed by atoms with Crippen LogP contribution in [0.2, 0.25) is 0 Å². The molecule has 2 aromatic rings. The molecule has 0 saturated carbocycles. The van der Waals surface area contributed by atoms with Crippen molar-refractivity contribution < 1.29 is 14.5 Å². The first-order chi connectivity index (χ1) is 10.4. The Kier molecular flexibility index (Phi) is 4.50. The molecule has 0 radical (unpaired) electrons. The number of amides is 2. The van der Waals surface area contributed by atoms with E-state index >= 15 is 0 Å². The number of hydrogen-bond donors (Lipinski definition) is 2. The van der Waals surface area contributed by atoms with Gasteiger partial charge in [-0.25, -0.2) is 0 Å². The highest BCUT2D eigenvalue weighted by Crippen LogP contribution is 2.16. The van der Waals surface area contributed by atoms with Gasteiger partial charge in [-0.2, -0.15) is 10.2 Å². The van der Waals surface area contributed by atoms with Gasteiger partial charge in [0.05, 0.1) is 15.6 Å². The molecule has 0 aromatic carbocycles. The summed E-state index contributed by atoms with van der Waals surface area (Å²) in [7, 11) is 1.38. The molecule has 0 bridgehead atoms. The van der Waals surface area contributed by atoms with E-state index in [0.29, 0.717) is 4.47 Å². The van der Waals surface area contributed by atoms with Crippen LogP contribution in [0.1, 0.15) is 10.5 Å². The van der Waals surface area contributed by atoms with Crippen molar-refractivity contribution >= 4 is 33.4 Å². The van der Waals surface area contributed by atoms with Crippen LogP contribution in [-0.2, 0) is 18.4 Å². The van der Waals surface area contributed by atoms with Crippen LogP contribution >= 0.6 is 15.9 Å². The number of hydrogen-bond acceptors (Lipinski definition) is 6. The predicted octanol–water partition coefficient (Wildman–Crippen LogP) is -0.252. The summed E-state index contributed by atoms with van der Waals surface area (Å²) in [5.41, 5.74) is 3.51. The smallest absolute Gasteiger partial charge is 0.271 e. The van der Waals surface area contributed by atoms with Crippen LogP contribution in [-0.4, -0.2) is 36.3 Å². The fourth-order valence-electron chi connectivity index (χ4n) is 1.62. The van der Waals surface area contributed by atoms with Crippen LogP contribution in [0.4, 0.5) is 5.69 Å². The molecule has 2 aromatic heterocycles. The molecule has 12 heteroatoms. The van der Waals surface area contributed by atoms with E-state index in [9.17, 15) is 19.7 Å². The first-order valence-electron chi connectivity index (χ1n) is 5.82. The average molecular weight is 372 g/mol. The molecule has 22 heavy (non-hydrogen) atoms. The number of carbonyl (C=O) groups excluding carboxylic acids is 2. The van der Waals surface area contributed by atoms with E-state index in [1.807, 2.05) is 0 Å². The zero-order valence-electron chi connectivity index (χ0n) is 11.2. The Balaban J connectivity index is 1.97.